The third-order valence-corrected chi connectivity index (χ3v) is 7.01. The number of rotatable bonds is 4. The number of hydrogen-bond donors (Lipinski definition) is 2. The van der Waals surface area contributed by atoms with Crippen LogP contribution < -0.4 is 5.32 Å². The van der Waals surface area contributed by atoms with E-state index in [1.807, 2.05) is 24.3 Å². The number of fused-ring (bicyclic) bond motifs is 1. The predicted molar refractivity (Wildman–Crippen MR) is 110 cm³/mol. The molecule has 150 valence electrons. The highest BCUT2D eigenvalue weighted by Gasteiger charge is 2.33. The molecule has 1 aliphatic heterocycles. The van der Waals surface area contributed by atoms with Crippen molar-refractivity contribution in [2.45, 2.75) is 49.1 Å². The van der Waals surface area contributed by atoms with Crippen molar-refractivity contribution in [1.29, 1.82) is 0 Å². The number of nitrogens with one attached hydrogen (secondary N) is 1. The Labute approximate surface area is 171 Å². The van der Waals surface area contributed by atoms with Gasteiger partial charge in [-0.25, -0.2) is 15.0 Å². The lowest BCUT2D eigenvalue weighted by atomic mass is 9.93. The van der Waals surface area contributed by atoms with E-state index in [4.69, 9.17) is 14.4 Å². The molecule has 1 aromatic carbocycles. The quantitative estimate of drug-likeness (QED) is 0.636. The second-order valence-electron chi connectivity index (χ2n) is 7.54. The summed E-state index contributed by atoms with van der Waals surface area (Å²) in [6, 6.07) is 8.01. The second kappa shape index (κ2) is 7.78. The van der Waals surface area contributed by atoms with Crippen LogP contribution in [-0.2, 0) is 17.6 Å². The van der Waals surface area contributed by atoms with Crippen molar-refractivity contribution < 1.29 is 14.1 Å². The summed E-state index contributed by atoms with van der Waals surface area (Å²) in [7, 11) is 0. The largest absolute Gasteiger partial charge is 0.611 e. The highest BCUT2D eigenvalue weighted by Crippen LogP contribution is 2.34. The standard InChI is InChI=1S/C21H22N4O3S/c26-16-7-5-15(6-8-16)23-20-18-17(9-12-29(18)27)24-19(25-20)13-1-3-14(4-2-13)21-22-10-11-28-21/h1-4,10-11,15-16,26H,5-9,12H2,(H,23,24,25)/t15?,16?,29-/m1/s1. The molecule has 0 amide bonds. The first kappa shape index (κ1) is 18.6. The molecule has 0 spiro atoms. The molecule has 0 radical (unpaired) electrons. The Morgan fingerprint density at radius 2 is 1.83 bits per heavy atom. The summed E-state index contributed by atoms with van der Waals surface area (Å²) < 4.78 is 17.9. The molecule has 2 aliphatic rings. The molecule has 8 heteroatoms. The smallest absolute Gasteiger partial charge is 0.225 e. The van der Waals surface area contributed by atoms with E-state index in [9.17, 15) is 9.66 Å². The first-order valence-corrected chi connectivity index (χ1v) is 11.2. The molecule has 0 saturated heterocycles. The molecular formula is C21H22N4O3S. The zero-order valence-electron chi connectivity index (χ0n) is 15.9. The minimum atomic E-state index is -1.07. The summed E-state index contributed by atoms with van der Waals surface area (Å²) in [5.74, 6) is 2.47. The SMILES string of the molecule is [O-][S@+]1CCc2nc(-c3ccc(-c4ncco4)cc3)nc(NC3CCC(O)CC3)c21. The fourth-order valence-electron chi connectivity index (χ4n) is 3.97. The van der Waals surface area contributed by atoms with Gasteiger partial charge < -0.3 is 19.4 Å². The van der Waals surface area contributed by atoms with E-state index >= 15 is 0 Å². The number of aryl methyl sites for hydroxylation is 1. The third-order valence-electron chi connectivity index (χ3n) is 5.55. The van der Waals surface area contributed by atoms with Crippen LogP contribution in [0.25, 0.3) is 22.8 Å². The number of nitrogens with zero attached hydrogens (tertiary/aromatic N) is 3. The number of oxazole rings is 1. The molecular weight excluding hydrogens is 388 g/mol. The number of aliphatic hydroxyl groups is 1. The van der Waals surface area contributed by atoms with Crippen LogP contribution in [0.5, 0.6) is 0 Å². The summed E-state index contributed by atoms with van der Waals surface area (Å²) in [6.07, 6.45) is 6.98. The third kappa shape index (κ3) is 3.75. The maximum atomic E-state index is 12.5. The average Bonchev–Trinajstić information content (AvgIpc) is 3.40. The number of aliphatic hydroxyl groups excluding tert-OH is 1. The zero-order valence-corrected chi connectivity index (χ0v) is 16.7. The van der Waals surface area contributed by atoms with Gasteiger partial charge in [-0.2, -0.15) is 0 Å². The minimum Gasteiger partial charge on any atom is -0.611 e. The molecule has 1 saturated carbocycles. The molecule has 0 bridgehead atoms. The monoisotopic (exact) mass is 410 g/mol. The van der Waals surface area contributed by atoms with Crippen LogP contribution in [0.2, 0.25) is 0 Å². The van der Waals surface area contributed by atoms with Gasteiger partial charge in [0.05, 0.1) is 12.3 Å². The molecule has 3 aromatic rings. The Balaban J connectivity index is 1.46. The maximum Gasteiger partial charge on any atom is 0.225 e. The highest BCUT2D eigenvalue weighted by molar-refractivity contribution is 7.91. The van der Waals surface area contributed by atoms with Crippen molar-refractivity contribution in [3.63, 3.8) is 0 Å². The molecule has 5 rings (SSSR count). The average molecular weight is 410 g/mol. The summed E-state index contributed by atoms with van der Waals surface area (Å²) in [5, 5.41) is 13.3. The van der Waals surface area contributed by atoms with Gasteiger partial charge in [0.15, 0.2) is 11.6 Å². The normalized spacial score (nSPS) is 23.7. The van der Waals surface area contributed by atoms with E-state index in [0.717, 1.165) is 47.4 Å². The van der Waals surface area contributed by atoms with Gasteiger partial charge in [0, 0.05) is 23.6 Å². The van der Waals surface area contributed by atoms with Gasteiger partial charge >= 0.3 is 0 Å². The van der Waals surface area contributed by atoms with Crippen molar-refractivity contribution in [3.8, 4) is 22.8 Å². The first-order valence-electron chi connectivity index (χ1n) is 9.91. The molecule has 7 nitrogen and oxygen atoms in total. The summed E-state index contributed by atoms with van der Waals surface area (Å²) in [5.41, 5.74) is 2.64. The fourth-order valence-corrected chi connectivity index (χ4v) is 5.28. The van der Waals surface area contributed by atoms with Crippen molar-refractivity contribution in [2.24, 2.45) is 0 Å². The Kier molecular flexibility index (Phi) is 4.99. The molecule has 3 heterocycles. The summed E-state index contributed by atoms with van der Waals surface area (Å²) in [4.78, 5) is 14.4. The fraction of sp³-hybridized carbons (Fsp3) is 0.381. The van der Waals surface area contributed by atoms with Gasteiger partial charge in [0.2, 0.25) is 10.8 Å². The Morgan fingerprint density at radius 1 is 1.07 bits per heavy atom. The number of benzene rings is 1. The summed E-state index contributed by atoms with van der Waals surface area (Å²) in [6.45, 7) is 0. The molecule has 2 aromatic heterocycles. The molecule has 2 N–H and O–H groups in total. The minimum absolute atomic E-state index is 0.212. The Morgan fingerprint density at radius 3 is 2.55 bits per heavy atom. The van der Waals surface area contributed by atoms with Gasteiger partial charge in [-0.05, 0) is 49.0 Å². The second-order valence-corrected chi connectivity index (χ2v) is 9.04. The van der Waals surface area contributed by atoms with Crippen LogP contribution in [0.4, 0.5) is 5.82 Å². The summed E-state index contributed by atoms with van der Waals surface area (Å²) >= 11 is -1.07. The number of aromatic nitrogens is 3. The topological polar surface area (TPSA) is 107 Å². The van der Waals surface area contributed by atoms with Gasteiger partial charge in [0.1, 0.15) is 17.7 Å². The maximum absolute atomic E-state index is 12.5. The van der Waals surface area contributed by atoms with Crippen LogP contribution in [0.1, 0.15) is 31.4 Å². The van der Waals surface area contributed by atoms with E-state index in [2.05, 4.69) is 10.3 Å². The van der Waals surface area contributed by atoms with Crippen LogP contribution in [-0.4, -0.2) is 42.5 Å². The van der Waals surface area contributed by atoms with Gasteiger partial charge in [-0.3, -0.25) is 0 Å². The van der Waals surface area contributed by atoms with E-state index in [-0.39, 0.29) is 12.1 Å². The zero-order chi connectivity index (χ0) is 19.8. The van der Waals surface area contributed by atoms with E-state index in [1.54, 1.807) is 12.5 Å². The molecule has 29 heavy (non-hydrogen) atoms. The lowest BCUT2D eigenvalue weighted by Crippen LogP contribution is -2.29. The molecule has 1 atom stereocenters. The van der Waals surface area contributed by atoms with Crippen LogP contribution in [0, 0.1) is 0 Å². The number of hydrogen-bond acceptors (Lipinski definition) is 7. The molecule has 1 fully saturated rings. The van der Waals surface area contributed by atoms with Crippen molar-refractivity contribution >= 4 is 17.0 Å². The van der Waals surface area contributed by atoms with Crippen molar-refractivity contribution in [1.82, 2.24) is 15.0 Å². The first-order chi connectivity index (χ1) is 14.2. The van der Waals surface area contributed by atoms with E-state index in [0.29, 0.717) is 29.7 Å². The Bertz CT molecular complexity index is 986. The predicted octanol–water partition coefficient (Wildman–Crippen LogP) is 3.18. The molecule has 1 aliphatic carbocycles. The van der Waals surface area contributed by atoms with E-state index in [1.165, 1.54) is 0 Å². The molecule has 0 unspecified atom stereocenters. The van der Waals surface area contributed by atoms with Crippen molar-refractivity contribution in [2.75, 3.05) is 11.1 Å². The van der Waals surface area contributed by atoms with Crippen molar-refractivity contribution in [3.05, 3.63) is 42.4 Å². The Hall–Kier alpha value is -2.42. The van der Waals surface area contributed by atoms with Crippen LogP contribution in [0.3, 0.4) is 0 Å². The van der Waals surface area contributed by atoms with Crippen LogP contribution in [0.15, 0.2) is 46.0 Å². The van der Waals surface area contributed by atoms with Gasteiger partial charge in [0.25, 0.3) is 0 Å². The van der Waals surface area contributed by atoms with Crippen LogP contribution >= 0.6 is 0 Å². The highest BCUT2D eigenvalue weighted by atomic mass is 32.2. The number of anilines is 1. The van der Waals surface area contributed by atoms with Gasteiger partial charge in [-0.1, -0.05) is 12.1 Å². The lowest BCUT2D eigenvalue weighted by molar-refractivity contribution is 0.126. The lowest BCUT2D eigenvalue weighted by Gasteiger charge is -2.27. The van der Waals surface area contributed by atoms with Gasteiger partial charge in [-0.15, -0.1) is 0 Å². The van der Waals surface area contributed by atoms with E-state index < -0.39 is 11.2 Å².